The molecule has 0 saturated carbocycles. The van der Waals surface area contributed by atoms with Gasteiger partial charge in [-0.1, -0.05) is 12.6 Å². The Hall–Kier alpha value is -3.31. The van der Waals surface area contributed by atoms with Crippen LogP contribution in [0, 0.1) is 11.6 Å². The van der Waals surface area contributed by atoms with Gasteiger partial charge in [0.1, 0.15) is 24.1 Å². The van der Waals surface area contributed by atoms with Crippen LogP contribution in [-0.2, 0) is 11.2 Å². The van der Waals surface area contributed by atoms with Crippen LogP contribution in [0.25, 0.3) is 22.0 Å². The summed E-state index contributed by atoms with van der Waals surface area (Å²) in [7, 11) is 2.05. The van der Waals surface area contributed by atoms with Crippen LogP contribution in [0.15, 0.2) is 41.6 Å². The van der Waals surface area contributed by atoms with E-state index in [2.05, 4.69) is 32.1 Å². The molecule has 1 aromatic heterocycles. The molecule has 2 N–H and O–H groups in total. The van der Waals surface area contributed by atoms with Gasteiger partial charge in [0.2, 0.25) is 0 Å². The number of ether oxygens (including phenoxy) is 1. The normalized spacial score (nSPS) is 17.2. The molecule has 1 saturated heterocycles. The Bertz CT molecular complexity index is 1420. The third-order valence-electron chi connectivity index (χ3n) is 7.11. The van der Waals surface area contributed by atoms with E-state index < -0.39 is 17.6 Å². The van der Waals surface area contributed by atoms with Gasteiger partial charge in [-0.25, -0.2) is 13.2 Å². The molecule has 39 heavy (non-hydrogen) atoms. The highest BCUT2D eigenvalue weighted by Gasteiger charge is 2.24. The largest absolute Gasteiger partial charge is 0.462 e. The first-order valence-corrected chi connectivity index (χ1v) is 14.0. The number of fused-ring (bicyclic) bond motifs is 2. The average molecular weight is 558 g/mol. The number of rotatable bonds is 9. The van der Waals surface area contributed by atoms with Crippen LogP contribution in [0.1, 0.15) is 24.8 Å². The highest BCUT2D eigenvalue weighted by Crippen LogP contribution is 2.40. The van der Waals surface area contributed by atoms with Crippen molar-refractivity contribution in [1.82, 2.24) is 20.2 Å². The van der Waals surface area contributed by atoms with Gasteiger partial charge in [-0.2, -0.15) is 9.97 Å². The average Bonchev–Trinajstić information content (AvgIpc) is 3.34. The Morgan fingerprint density at radius 1 is 1.18 bits per heavy atom. The van der Waals surface area contributed by atoms with E-state index in [1.54, 1.807) is 12.1 Å². The zero-order chi connectivity index (χ0) is 27.5. The number of likely N-dealkylation sites (tertiary alicyclic amines) is 1. The molecule has 1 fully saturated rings. The summed E-state index contributed by atoms with van der Waals surface area (Å²) >= 11 is 1.46. The van der Waals surface area contributed by atoms with Gasteiger partial charge in [-0.05, 0) is 74.4 Å². The van der Waals surface area contributed by atoms with E-state index in [9.17, 15) is 13.6 Å². The lowest BCUT2D eigenvalue weighted by molar-refractivity contribution is -0.118. The van der Waals surface area contributed by atoms with E-state index in [4.69, 9.17) is 4.74 Å². The minimum absolute atomic E-state index is 0.0935. The highest BCUT2D eigenvalue weighted by molar-refractivity contribution is 7.99. The van der Waals surface area contributed by atoms with Gasteiger partial charge in [0.15, 0.2) is 5.83 Å². The molecule has 7 nitrogen and oxygen atoms in total. The van der Waals surface area contributed by atoms with Gasteiger partial charge >= 0.3 is 6.01 Å². The number of anilines is 1. The van der Waals surface area contributed by atoms with Gasteiger partial charge < -0.3 is 20.3 Å². The Kier molecular flexibility index (Phi) is 8.27. The summed E-state index contributed by atoms with van der Waals surface area (Å²) in [4.78, 5) is 23.3. The number of carbonyl (C=O) groups is 1. The number of benzene rings is 2. The Morgan fingerprint density at radius 3 is 2.79 bits per heavy atom. The molecule has 0 radical (unpaired) electrons. The Morgan fingerprint density at radius 2 is 2.03 bits per heavy atom. The van der Waals surface area contributed by atoms with Crippen molar-refractivity contribution in [3.05, 3.63) is 53.9 Å². The van der Waals surface area contributed by atoms with Crippen molar-refractivity contribution < 1.29 is 22.7 Å². The molecule has 0 bridgehead atoms. The van der Waals surface area contributed by atoms with E-state index >= 15 is 4.39 Å². The molecule has 206 valence electrons. The van der Waals surface area contributed by atoms with E-state index in [1.165, 1.54) is 23.9 Å². The lowest BCUT2D eigenvalue weighted by atomic mass is 9.95. The molecule has 1 amide bonds. The minimum Gasteiger partial charge on any atom is -0.462 e. The lowest BCUT2D eigenvalue weighted by Crippen LogP contribution is -2.31. The predicted molar refractivity (Wildman–Crippen MR) is 147 cm³/mol. The number of hydrogen-bond donors (Lipinski definition) is 2. The summed E-state index contributed by atoms with van der Waals surface area (Å²) in [6.45, 7) is 4.67. The zero-order valence-electron chi connectivity index (χ0n) is 21.7. The summed E-state index contributed by atoms with van der Waals surface area (Å²) in [6, 6.07) is 6.40. The maximum absolute atomic E-state index is 15.6. The maximum atomic E-state index is 15.6. The zero-order valence-corrected chi connectivity index (χ0v) is 22.5. The van der Waals surface area contributed by atoms with Crippen LogP contribution in [0.4, 0.5) is 19.0 Å². The number of aromatic nitrogens is 2. The van der Waals surface area contributed by atoms with Crippen LogP contribution in [0.5, 0.6) is 6.01 Å². The second-order valence-electron chi connectivity index (χ2n) is 9.73. The SMILES string of the molecule is C=C(F)C(=O)NCCNc1nc(OC[C@@H]2CCCN2C)nc2cc(-c3ccc(F)c4c3CCCS4)c(F)cc12. The number of hydrogen-bond acceptors (Lipinski definition) is 7. The third-order valence-corrected chi connectivity index (χ3v) is 8.33. The van der Waals surface area contributed by atoms with Gasteiger partial charge in [0, 0.05) is 35.0 Å². The molecule has 0 spiro atoms. The molecule has 0 unspecified atom stereocenters. The molecule has 11 heteroatoms. The van der Waals surface area contributed by atoms with Gasteiger partial charge in [0.05, 0.1) is 5.52 Å². The number of carbonyl (C=O) groups excluding carboxylic acids is 1. The molecular formula is C28H30F3N5O2S. The summed E-state index contributed by atoms with van der Waals surface area (Å²) in [5, 5.41) is 5.89. The number of halogens is 3. The van der Waals surface area contributed by atoms with Crippen LogP contribution >= 0.6 is 11.8 Å². The van der Waals surface area contributed by atoms with E-state index in [0.29, 0.717) is 45.8 Å². The predicted octanol–water partition coefficient (Wildman–Crippen LogP) is 5.10. The van der Waals surface area contributed by atoms with Crippen molar-refractivity contribution >= 4 is 34.4 Å². The van der Waals surface area contributed by atoms with Crippen molar-refractivity contribution in [3.63, 3.8) is 0 Å². The summed E-state index contributed by atoms with van der Waals surface area (Å²) in [5.74, 6) is -1.60. The van der Waals surface area contributed by atoms with Crippen LogP contribution in [-0.4, -0.2) is 65.9 Å². The standard InChI is InChI=1S/C28H30F3N5O2S/c1-16(29)27(37)33-10-9-32-26-21-13-23(31)20(18-7-8-22(30)25-19(18)6-4-12-39-25)14-24(21)34-28(35-26)38-15-17-5-3-11-36(17)2/h7-8,13-14,17H,1,3-6,9-12,15H2,2H3,(H,33,37)(H,32,34,35)/t17-/m0/s1. The fourth-order valence-electron chi connectivity index (χ4n) is 5.03. The minimum atomic E-state index is -1.08. The van der Waals surface area contributed by atoms with Gasteiger partial charge in [0.25, 0.3) is 5.91 Å². The fourth-order valence-corrected chi connectivity index (χ4v) is 6.11. The fraction of sp³-hybridized carbons (Fsp3) is 0.393. The van der Waals surface area contributed by atoms with Crippen molar-refractivity contribution in [2.24, 2.45) is 0 Å². The van der Waals surface area contributed by atoms with Crippen molar-refractivity contribution in [2.75, 3.05) is 44.4 Å². The number of nitrogens with zero attached hydrogens (tertiary/aromatic N) is 3. The molecule has 0 aliphatic carbocycles. The Labute approximate surface area is 229 Å². The first kappa shape index (κ1) is 27.3. The number of amides is 1. The monoisotopic (exact) mass is 557 g/mol. The van der Waals surface area contributed by atoms with Crippen LogP contribution < -0.4 is 15.4 Å². The molecule has 3 heterocycles. The molecule has 2 aromatic carbocycles. The third kappa shape index (κ3) is 5.99. The molecule has 2 aliphatic heterocycles. The van der Waals surface area contributed by atoms with Crippen LogP contribution in [0.2, 0.25) is 0 Å². The number of thioether (sulfide) groups is 1. The molecule has 5 rings (SSSR count). The molecular weight excluding hydrogens is 527 g/mol. The van der Waals surface area contributed by atoms with Crippen LogP contribution in [0.3, 0.4) is 0 Å². The topological polar surface area (TPSA) is 79.4 Å². The summed E-state index contributed by atoms with van der Waals surface area (Å²) < 4.78 is 49.1. The van der Waals surface area contributed by atoms with Crippen molar-refractivity contribution in [3.8, 4) is 17.1 Å². The first-order chi connectivity index (χ1) is 18.8. The Balaban J connectivity index is 1.49. The molecule has 1 atom stereocenters. The van der Waals surface area contributed by atoms with Gasteiger partial charge in [-0.3, -0.25) is 4.79 Å². The second kappa shape index (κ2) is 11.8. The smallest absolute Gasteiger partial charge is 0.318 e. The lowest BCUT2D eigenvalue weighted by Gasteiger charge is -2.21. The second-order valence-corrected chi connectivity index (χ2v) is 10.8. The summed E-state index contributed by atoms with van der Waals surface area (Å²) in [6.07, 6.45) is 3.66. The molecule has 3 aromatic rings. The van der Waals surface area contributed by atoms with E-state index in [1.807, 2.05) is 7.05 Å². The quantitative estimate of drug-likeness (QED) is 0.280. The molecule has 2 aliphatic rings. The first-order valence-electron chi connectivity index (χ1n) is 13.0. The summed E-state index contributed by atoms with van der Waals surface area (Å²) in [5.41, 5.74) is 2.25. The highest BCUT2D eigenvalue weighted by atomic mass is 32.2. The number of nitrogens with one attached hydrogen (secondary N) is 2. The van der Waals surface area contributed by atoms with E-state index in [0.717, 1.165) is 37.1 Å². The van der Waals surface area contributed by atoms with Crippen molar-refractivity contribution in [1.29, 1.82) is 0 Å². The van der Waals surface area contributed by atoms with Gasteiger partial charge in [-0.15, -0.1) is 11.8 Å². The van der Waals surface area contributed by atoms with Crippen molar-refractivity contribution in [2.45, 2.75) is 36.6 Å². The van der Waals surface area contributed by atoms with E-state index in [-0.39, 0.29) is 31.0 Å². The number of likely N-dealkylation sites (N-methyl/N-ethyl adjacent to an activating group) is 1. The maximum Gasteiger partial charge on any atom is 0.318 e.